The first-order valence-electron chi connectivity index (χ1n) is 9.17. The summed E-state index contributed by atoms with van der Waals surface area (Å²) in [4.78, 5) is 27.4. The smallest absolute Gasteiger partial charge is 0.311 e. The van der Waals surface area contributed by atoms with E-state index in [9.17, 15) is 14.9 Å². The maximum atomic E-state index is 11.8. The van der Waals surface area contributed by atoms with Crippen LogP contribution < -0.4 is 10.5 Å². The van der Waals surface area contributed by atoms with Crippen LogP contribution >= 0.6 is 11.3 Å². The average Bonchev–Trinajstić information content (AvgIpc) is 3.28. The van der Waals surface area contributed by atoms with Gasteiger partial charge >= 0.3 is 5.69 Å². The number of hydrogen-bond acceptors (Lipinski definition) is 6. The van der Waals surface area contributed by atoms with Crippen molar-refractivity contribution in [1.29, 1.82) is 0 Å². The van der Waals surface area contributed by atoms with Crippen molar-refractivity contribution in [3.8, 4) is 27.7 Å². The van der Waals surface area contributed by atoms with Gasteiger partial charge < -0.3 is 15.0 Å². The molecule has 1 saturated carbocycles. The van der Waals surface area contributed by atoms with E-state index < -0.39 is 10.8 Å². The third-order valence-corrected chi connectivity index (χ3v) is 6.05. The fraction of sp³-hybridized carbons (Fsp3) is 0.300. The molecular formula is C20H20N4O4S. The van der Waals surface area contributed by atoms with Gasteiger partial charge in [0, 0.05) is 29.2 Å². The van der Waals surface area contributed by atoms with Crippen LogP contribution in [0.1, 0.15) is 28.9 Å². The molecule has 150 valence electrons. The molecule has 9 heteroatoms. The van der Waals surface area contributed by atoms with Gasteiger partial charge in [-0.1, -0.05) is 0 Å². The van der Waals surface area contributed by atoms with Gasteiger partial charge in [-0.3, -0.25) is 14.9 Å². The van der Waals surface area contributed by atoms with Crippen molar-refractivity contribution < 1.29 is 14.5 Å². The van der Waals surface area contributed by atoms with Crippen molar-refractivity contribution in [3.05, 3.63) is 51.0 Å². The van der Waals surface area contributed by atoms with Crippen molar-refractivity contribution in [3.63, 3.8) is 0 Å². The molecule has 0 atom stereocenters. The third kappa shape index (κ3) is 3.61. The number of nitrogens with two attached hydrogens (primary N) is 1. The maximum absolute atomic E-state index is 11.8. The fourth-order valence-corrected chi connectivity index (χ4v) is 4.20. The normalized spacial score (nSPS) is 13.4. The molecule has 1 aliphatic carbocycles. The molecule has 1 aliphatic rings. The van der Waals surface area contributed by atoms with Crippen LogP contribution in [-0.4, -0.2) is 27.5 Å². The highest BCUT2D eigenvalue weighted by molar-refractivity contribution is 7.13. The lowest BCUT2D eigenvalue weighted by molar-refractivity contribution is -0.385. The molecule has 1 aromatic carbocycles. The molecule has 1 amide bonds. The first kappa shape index (κ1) is 19.1. The van der Waals surface area contributed by atoms with E-state index in [0.29, 0.717) is 22.1 Å². The summed E-state index contributed by atoms with van der Waals surface area (Å²) in [5, 5.41) is 13.9. The van der Waals surface area contributed by atoms with Crippen molar-refractivity contribution in [2.45, 2.75) is 26.3 Å². The van der Waals surface area contributed by atoms with E-state index in [4.69, 9.17) is 15.5 Å². The number of ether oxygens (including phenoxy) is 1. The zero-order valence-corrected chi connectivity index (χ0v) is 16.9. The number of aromatic nitrogens is 2. The molecule has 8 nitrogen and oxygen atoms in total. The van der Waals surface area contributed by atoms with E-state index in [2.05, 4.69) is 4.57 Å². The number of amides is 1. The first-order chi connectivity index (χ1) is 13.9. The van der Waals surface area contributed by atoms with Crippen LogP contribution in [0.4, 0.5) is 5.69 Å². The summed E-state index contributed by atoms with van der Waals surface area (Å²) in [5.74, 6) is 0.359. The van der Waals surface area contributed by atoms with Crippen LogP contribution in [-0.2, 0) is 6.54 Å². The molecule has 3 aromatic rings. The Labute approximate surface area is 171 Å². The zero-order valence-electron chi connectivity index (χ0n) is 16.0. The maximum Gasteiger partial charge on any atom is 0.311 e. The van der Waals surface area contributed by atoms with Crippen molar-refractivity contribution >= 4 is 22.9 Å². The molecular weight excluding hydrogens is 392 g/mol. The highest BCUT2D eigenvalue weighted by Gasteiger charge is 2.26. The summed E-state index contributed by atoms with van der Waals surface area (Å²) in [6.45, 7) is 2.72. The molecule has 2 aromatic heterocycles. The summed E-state index contributed by atoms with van der Waals surface area (Å²) in [6.07, 6.45) is 2.36. The Hall–Kier alpha value is -3.20. The minimum Gasteiger partial charge on any atom is -0.490 e. The van der Waals surface area contributed by atoms with Crippen LogP contribution in [0.25, 0.3) is 22.0 Å². The van der Waals surface area contributed by atoms with E-state index >= 15 is 0 Å². The molecule has 0 unspecified atom stereocenters. The average molecular weight is 412 g/mol. The Bertz CT molecular complexity index is 1110. The number of carbonyl (C=O) groups is 1. The molecule has 0 aliphatic heterocycles. The first-order valence-corrected chi connectivity index (χ1v) is 10.1. The van der Waals surface area contributed by atoms with E-state index in [1.54, 1.807) is 18.2 Å². The summed E-state index contributed by atoms with van der Waals surface area (Å²) < 4.78 is 7.17. The highest BCUT2D eigenvalue weighted by atomic mass is 32.1. The third-order valence-electron chi connectivity index (χ3n) is 5.16. The second kappa shape index (κ2) is 7.32. The lowest BCUT2D eigenvalue weighted by atomic mass is 10.2. The Morgan fingerprint density at radius 3 is 2.79 bits per heavy atom. The quantitative estimate of drug-likeness (QED) is 0.465. The van der Waals surface area contributed by atoms with Crippen molar-refractivity contribution in [2.24, 2.45) is 11.7 Å². The molecule has 0 radical (unpaired) electrons. The van der Waals surface area contributed by atoms with Gasteiger partial charge in [-0.2, -0.15) is 0 Å². The van der Waals surface area contributed by atoms with Crippen LogP contribution in [0.2, 0.25) is 0 Å². The minimum atomic E-state index is -0.472. The SMILES string of the molecule is COc1ccc(-c2nc(-c3cc(C(N)=O)c(C)n3CC3CC3)cs2)cc1[N+](=O)[O-]. The number of hydrogen-bond donors (Lipinski definition) is 1. The van der Waals surface area contributed by atoms with E-state index in [1.165, 1.54) is 37.4 Å². The van der Waals surface area contributed by atoms with Gasteiger partial charge in [-0.05, 0) is 43.9 Å². The van der Waals surface area contributed by atoms with Gasteiger partial charge in [0.15, 0.2) is 5.75 Å². The lowest BCUT2D eigenvalue weighted by Crippen LogP contribution is -2.12. The summed E-state index contributed by atoms with van der Waals surface area (Å²) in [7, 11) is 1.40. The van der Waals surface area contributed by atoms with Gasteiger partial charge in [-0.25, -0.2) is 4.98 Å². The Morgan fingerprint density at radius 2 is 2.17 bits per heavy atom. The van der Waals surface area contributed by atoms with Gasteiger partial charge in [0.1, 0.15) is 5.01 Å². The van der Waals surface area contributed by atoms with Gasteiger partial charge in [0.05, 0.1) is 29.0 Å². The number of rotatable bonds is 7. The highest BCUT2D eigenvalue weighted by Crippen LogP contribution is 2.37. The van der Waals surface area contributed by atoms with Crippen LogP contribution in [0, 0.1) is 23.0 Å². The number of nitro groups is 1. The molecule has 2 heterocycles. The number of carbonyl (C=O) groups excluding carboxylic acids is 1. The molecule has 0 saturated heterocycles. The second-order valence-corrected chi connectivity index (χ2v) is 7.99. The van der Waals surface area contributed by atoms with Crippen LogP contribution in [0.15, 0.2) is 29.6 Å². The van der Waals surface area contributed by atoms with E-state index in [0.717, 1.165) is 23.6 Å². The molecule has 2 N–H and O–H groups in total. The Balaban J connectivity index is 1.75. The number of benzene rings is 1. The molecule has 29 heavy (non-hydrogen) atoms. The van der Waals surface area contributed by atoms with Crippen molar-refractivity contribution in [1.82, 2.24) is 9.55 Å². The molecule has 1 fully saturated rings. The van der Waals surface area contributed by atoms with Gasteiger partial charge in [0.2, 0.25) is 0 Å². The fourth-order valence-electron chi connectivity index (χ4n) is 3.39. The standard InChI is InChI=1S/C20H20N4O4S/c1-11-14(19(21)25)8-16(23(11)9-12-3-4-12)15-10-29-20(22-15)13-5-6-18(28-2)17(7-13)24(26)27/h5-8,10,12H,3-4,9H2,1-2H3,(H2,21,25). The summed E-state index contributed by atoms with van der Waals surface area (Å²) in [6, 6.07) is 6.57. The number of thiazole rings is 1. The molecule has 4 rings (SSSR count). The topological polar surface area (TPSA) is 113 Å². The predicted octanol–water partition coefficient (Wildman–Crippen LogP) is 4.01. The number of nitrogens with zero attached hydrogens (tertiary/aromatic N) is 3. The monoisotopic (exact) mass is 412 g/mol. The minimum absolute atomic E-state index is 0.106. The number of methoxy groups -OCH3 is 1. The van der Waals surface area contributed by atoms with E-state index in [1.807, 2.05) is 12.3 Å². The van der Waals surface area contributed by atoms with E-state index in [-0.39, 0.29) is 11.4 Å². The Kier molecular flexibility index (Phi) is 4.83. The zero-order chi connectivity index (χ0) is 20.7. The predicted molar refractivity (Wildman–Crippen MR) is 110 cm³/mol. The Morgan fingerprint density at radius 1 is 1.41 bits per heavy atom. The largest absolute Gasteiger partial charge is 0.490 e. The van der Waals surface area contributed by atoms with Gasteiger partial charge in [-0.15, -0.1) is 11.3 Å². The van der Waals surface area contributed by atoms with Gasteiger partial charge in [0.25, 0.3) is 5.91 Å². The second-order valence-electron chi connectivity index (χ2n) is 7.13. The van der Waals surface area contributed by atoms with Crippen molar-refractivity contribution in [2.75, 3.05) is 7.11 Å². The molecule has 0 bridgehead atoms. The summed E-state index contributed by atoms with van der Waals surface area (Å²) in [5.41, 5.74) is 8.98. The lowest BCUT2D eigenvalue weighted by Gasteiger charge is -2.09. The van der Waals surface area contributed by atoms with Crippen LogP contribution in [0.5, 0.6) is 5.75 Å². The number of primary amides is 1. The van der Waals surface area contributed by atoms with Crippen LogP contribution in [0.3, 0.4) is 0 Å². The number of nitro benzene ring substituents is 1. The summed E-state index contributed by atoms with van der Waals surface area (Å²) >= 11 is 1.39. The molecule has 0 spiro atoms.